The van der Waals surface area contributed by atoms with Gasteiger partial charge in [-0.3, -0.25) is 0 Å². The van der Waals surface area contributed by atoms with Gasteiger partial charge >= 0.3 is 0 Å². The third kappa shape index (κ3) is 6.55. The maximum Gasteiger partial charge on any atom is 0.0332 e. The van der Waals surface area contributed by atoms with Crippen LogP contribution >= 0.6 is 15.9 Å². The summed E-state index contributed by atoms with van der Waals surface area (Å²) in [5.41, 5.74) is 1.38. The molecule has 19 heavy (non-hydrogen) atoms. The molecule has 0 saturated carbocycles. The molecule has 0 fully saturated rings. The Hall–Kier alpha value is -0.380. The maximum atomic E-state index is 3.59. The van der Waals surface area contributed by atoms with Crippen LogP contribution < -0.4 is 5.32 Å². The van der Waals surface area contributed by atoms with Gasteiger partial charge in [0.2, 0.25) is 0 Å². The lowest BCUT2D eigenvalue weighted by atomic mass is 10.0. The molecule has 1 unspecified atom stereocenters. The average Bonchev–Trinajstić information content (AvgIpc) is 2.41. The molecule has 0 aliphatic carbocycles. The summed E-state index contributed by atoms with van der Waals surface area (Å²) in [4.78, 5) is 2.44. The minimum absolute atomic E-state index is 0.451. The molecule has 1 atom stereocenters. The first kappa shape index (κ1) is 16.7. The zero-order valence-corrected chi connectivity index (χ0v) is 14.0. The highest BCUT2D eigenvalue weighted by atomic mass is 79.9. The Morgan fingerprint density at radius 1 is 1.26 bits per heavy atom. The van der Waals surface area contributed by atoms with Crippen LogP contribution in [0.4, 0.5) is 0 Å². The van der Waals surface area contributed by atoms with Crippen LogP contribution in [-0.4, -0.2) is 31.6 Å². The predicted molar refractivity (Wildman–Crippen MR) is 87.6 cm³/mol. The fourth-order valence-electron chi connectivity index (χ4n) is 2.25. The lowest BCUT2D eigenvalue weighted by Gasteiger charge is -2.23. The molecular weight excluding hydrogens is 300 g/mol. The Morgan fingerprint density at radius 3 is 2.68 bits per heavy atom. The van der Waals surface area contributed by atoms with Crippen molar-refractivity contribution in [3.05, 3.63) is 34.3 Å². The van der Waals surface area contributed by atoms with Crippen molar-refractivity contribution < 1.29 is 0 Å². The SMILES string of the molecule is CCCCN(C)CCC(NCC)c1cccc(Br)c1. The van der Waals surface area contributed by atoms with E-state index in [4.69, 9.17) is 0 Å². The van der Waals surface area contributed by atoms with Crippen molar-refractivity contribution in [2.75, 3.05) is 26.7 Å². The third-order valence-electron chi connectivity index (χ3n) is 3.39. The van der Waals surface area contributed by atoms with Crippen LogP contribution in [0.1, 0.15) is 44.7 Å². The smallest absolute Gasteiger partial charge is 0.0332 e. The summed E-state index contributed by atoms with van der Waals surface area (Å²) in [6.45, 7) is 7.77. The fraction of sp³-hybridized carbons (Fsp3) is 0.625. The number of rotatable bonds is 9. The Labute approximate surface area is 126 Å². The molecule has 0 amide bonds. The molecule has 1 rings (SSSR count). The van der Waals surface area contributed by atoms with Crippen molar-refractivity contribution in [3.63, 3.8) is 0 Å². The number of unbranched alkanes of at least 4 members (excludes halogenated alkanes) is 1. The highest BCUT2D eigenvalue weighted by molar-refractivity contribution is 9.10. The molecular formula is C16H27BrN2. The van der Waals surface area contributed by atoms with Crippen LogP contribution in [0.25, 0.3) is 0 Å². The van der Waals surface area contributed by atoms with Gasteiger partial charge in [-0.05, 0) is 57.2 Å². The van der Waals surface area contributed by atoms with E-state index >= 15 is 0 Å². The molecule has 0 aliphatic heterocycles. The molecule has 2 nitrogen and oxygen atoms in total. The molecule has 0 radical (unpaired) electrons. The van der Waals surface area contributed by atoms with Gasteiger partial charge in [-0.15, -0.1) is 0 Å². The van der Waals surface area contributed by atoms with Crippen molar-refractivity contribution in [1.29, 1.82) is 0 Å². The molecule has 0 spiro atoms. The van der Waals surface area contributed by atoms with Crippen molar-refractivity contribution in [3.8, 4) is 0 Å². The monoisotopic (exact) mass is 326 g/mol. The second-order valence-electron chi connectivity index (χ2n) is 5.11. The topological polar surface area (TPSA) is 15.3 Å². The summed E-state index contributed by atoms with van der Waals surface area (Å²) in [5, 5.41) is 3.59. The number of hydrogen-bond donors (Lipinski definition) is 1. The molecule has 0 bridgehead atoms. The second kappa shape index (κ2) is 9.51. The highest BCUT2D eigenvalue weighted by Gasteiger charge is 2.11. The van der Waals surface area contributed by atoms with E-state index in [0.29, 0.717) is 6.04 Å². The molecule has 1 aromatic carbocycles. The first-order valence-electron chi connectivity index (χ1n) is 7.34. The highest BCUT2D eigenvalue weighted by Crippen LogP contribution is 2.21. The third-order valence-corrected chi connectivity index (χ3v) is 3.89. The van der Waals surface area contributed by atoms with E-state index in [0.717, 1.165) is 24.0 Å². The van der Waals surface area contributed by atoms with Gasteiger partial charge in [-0.2, -0.15) is 0 Å². The number of nitrogens with zero attached hydrogens (tertiary/aromatic N) is 1. The quantitative estimate of drug-likeness (QED) is 0.730. The van der Waals surface area contributed by atoms with E-state index in [1.165, 1.54) is 24.9 Å². The first-order valence-corrected chi connectivity index (χ1v) is 8.14. The number of halogens is 1. The average molecular weight is 327 g/mol. The van der Waals surface area contributed by atoms with Crippen LogP contribution in [0.3, 0.4) is 0 Å². The van der Waals surface area contributed by atoms with Gasteiger partial charge in [0, 0.05) is 10.5 Å². The first-order chi connectivity index (χ1) is 9.17. The van der Waals surface area contributed by atoms with Crippen molar-refractivity contribution in [1.82, 2.24) is 10.2 Å². The lowest BCUT2D eigenvalue weighted by molar-refractivity contribution is 0.303. The maximum absolute atomic E-state index is 3.59. The largest absolute Gasteiger partial charge is 0.310 e. The Bertz CT molecular complexity index is 354. The van der Waals surface area contributed by atoms with Gasteiger partial charge in [0.05, 0.1) is 0 Å². The van der Waals surface area contributed by atoms with Gasteiger partial charge in [-0.1, -0.05) is 48.3 Å². The zero-order valence-electron chi connectivity index (χ0n) is 12.5. The molecule has 0 saturated heterocycles. The van der Waals surface area contributed by atoms with E-state index in [1.807, 2.05) is 0 Å². The van der Waals surface area contributed by atoms with E-state index in [9.17, 15) is 0 Å². The summed E-state index contributed by atoms with van der Waals surface area (Å²) >= 11 is 3.56. The summed E-state index contributed by atoms with van der Waals surface area (Å²) in [6.07, 6.45) is 3.72. The van der Waals surface area contributed by atoms with Crippen LogP contribution in [0.15, 0.2) is 28.7 Å². The van der Waals surface area contributed by atoms with E-state index in [1.54, 1.807) is 0 Å². The Morgan fingerprint density at radius 2 is 2.05 bits per heavy atom. The Balaban J connectivity index is 2.53. The summed E-state index contributed by atoms with van der Waals surface area (Å²) < 4.78 is 1.16. The van der Waals surface area contributed by atoms with Crippen LogP contribution in [0.2, 0.25) is 0 Å². The predicted octanol–water partition coefficient (Wildman–Crippen LogP) is 4.22. The Kier molecular flexibility index (Phi) is 8.35. The molecule has 0 aromatic heterocycles. The molecule has 0 aliphatic rings. The normalized spacial score (nSPS) is 12.9. The molecule has 1 aromatic rings. The lowest BCUT2D eigenvalue weighted by Crippen LogP contribution is -2.27. The standard InChI is InChI=1S/C16H27BrN2/c1-4-6-11-19(3)12-10-16(18-5-2)14-8-7-9-15(17)13-14/h7-9,13,16,18H,4-6,10-12H2,1-3H3. The summed E-state index contributed by atoms with van der Waals surface area (Å²) in [6, 6.07) is 9.08. The second-order valence-corrected chi connectivity index (χ2v) is 6.03. The van der Waals surface area contributed by atoms with Crippen LogP contribution in [0.5, 0.6) is 0 Å². The number of nitrogens with one attached hydrogen (secondary N) is 1. The van der Waals surface area contributed by atoms with Crippen LogP contribution in [0, 0.1) is 0 Å². The fourth-order valence-corrected chi connectivity index (χ4v) is 2.66. The van der Waals surface area contributed by atoms with Gasteiger partial charge < -0.3 is 10.2 Å². The molecule has 0 heterocycles. The van der Waals surface area contributed by atoms with Gasteiger partial charge in [0.25, 0.3) is 0 Å². The van der Waals surface area contributed by atoms with Gasteiger partial charge in [0.1, 0.15) is 0 Å². The minimum atomic E-state index is 0.451. The molecule has 108 valence electrons. The van der Waals surface area contributed by atoms with Crippen molar-refractivity contribution in [2.45, 2.75) is 39.2 Å². The number of hydrogen-bond acceptors (Lipinski definition) is 2. The molecule has 3 heteroatoms. The van der Waals surface area contributed by atoms with Gasteiger partial charge in [-0.25, -0.2) is 0 Å². The van der Waals surface area contributed by atoms with E-state index in [2.05, 4.69) is 71.3 Å². The van der Waals surface area contributed by atoms with Crippen molar-refractivity contribution in [2.24, 2.45) is 0 Å². The minimum Gasteiger partial charge on any atom is -0.310 e. The summed E-state index contributed by atoms with van der Waals surface area (Å²) in [5.74, 6) is 0. The molecule has 1 N–H and O–H groups in total. The number of benzene rings is 1. The van der Waals surface area contributed by atoms with E-state index < -0.39 is 0 Å². The van der Waals surface area contributed by atoms with Crippen LogP contribution in [-0.2, 0) is 0 Å². The van der Waals surface area contributed by atoms with E-state index in [-0.39, 0.29) is 0 Å². The van der Waals surface area contributed by atoms with Gasteiger partial charge in [0.15, 0.2) is 0 Å². The summed E-state index contributed by atoms with van der Waals surface area (Å²) in [7, 11) is 2.22. The zero-order chi connectivity index (χ0) is 14.1. The van der Waals surface area contributed by atoms with Crippen molar-refractivity contribution >= 4 is 15.9 Å².